The van der Waals surface area contributed by atoms with Gasteiger partial charge in [0.25, 0.3) is 0 Å². The zero-order valence-electron chi connectivity index (χ0n) is 29.1. The van der Waals surface area contributed by atoms with Gasteiger partial charge < -0.3 is 11.7 Å². The summed E-state index contributed by atoms with van der Waals surface area (Å²) in [6.45, 7) is 22.3. The first kappa shape index (κ1) is 44.1. The van der Waals surface area contributed by atoms with Gasteiger partial charge in [0.1, 0.15) is 0 Å². The fourth-order valence-corrected chi connectivity index (χ4v) is 10.0. The van der Waals surface area contributed by atoms with Crippen molar-refractivity contribution in [3.63, 3.8) is 0 Å². The molecule has 41 heavy (non-hydrogen) atoms. The van der Waals surface area contributed by atoms with Crippen LogP contribution in [0.2, 0.25) is 0 Å². The third kappa shape index (κ3) is 26.0. The summed E-state index contributed by atoms with van der Waals surface area (Å²) < 4.78 is 9.39. The predicted molar refractivity (Wildman–Crippen MR) is 192 cm³/mol. The Hall–Kier alpha value is 1.01. The van der Waals surface area contributed by atoms with Gasteiger partial charge in [0.2, 0.25) is 0 Å². The molecule has 0 aromatic carbocycles. The Labute approximate surface area is 278 Å². The van der Waals surface area contributed by atoms with Crippen molar-refractivity contribution in [1.82, 2.24) is 11.7 Å². The van der Waals surface area contributed by atoms with Gasteiger partial charge in [-0.15, -0.1) is 0 Å². The van der Waals surface area contributed by atoms with Gasteiger partial charge in [0.05, 0.1) is 0 Å². The van der Waals surface area contributed by atoms with Gasteiger partial charge >= 0.3 is 33.7 Å². The van der Waals surface area contributed by atoms with Gasteiger partial charge in [-0.1, -0.05) is 157 Å². The van der Waals surface area contributed by atoms with Crippen LogP contribution < -0.4 is 0 Å². The molecule has 0 aliphatic heterocycles. The third-order valence-corrected chi connectivity index (χ3v) is 12.3. The van der Waals surface area contributed by atoms with Crippen LogP contribution in [-0.4, -0.2) is 84.6 Å². The molecule has 242 valence electrons. The fourth-order valence-electron chi connectivity index (χ4n) is 6.17. The third-order valence-electron chi connectivity index (χ3n) is 8.77. The van der Waals surface area contributed by atoms with Crippen LogP contribution in [0, 0.1) is 0 Å². The fraction of sp³-hybridized carbons (Fsp3) is 1.00. The number of unbranched alkanes of at least 4 members (excludes halogenated alkanes) is 18. The van der Waals surface area contributed by atoms with Gasteiger partial charge in [-0.05, 0) is 77.8 Å². The number of rotatable bonds is 33. The van der Waals surface area contributed by atoms with Gasteiger partial charge in [-0.25, -0.2) is 0 Å². The Bertz CT molecular complexity index is 379. The van der Waals surface area contributed by atoms with Crippen molar-refractivity contribution in [3.8, 4) is 0 Å². The molecule has 0 bridgehead atoms. The molecular formula is C36H79AlLiN3. The second-order valence-electron chi connectivity index (χ2n) is 12.8. The molecule has 0 heterocycles. The predicted octanol–water partition coefficient (Wildman–Crippen LogP) is 10.7. The molecule has 0 saturated heterocycles. The molecule has 0 rings (SSSR count). The van der Waals surface area contributed by atoms with Crippen LogP contribution >= 0.6 is 0 Å². The van der Waals surface area contributed by atoms with E-state index in [0.717, 1.165) is 0 Å². The average Bonchev–Trinajstić information content (AvgIpc) is 2.96. The minimum atomic E-state index is -1.39. The summed E-state index contributed by atoms with van der Waals surface area (Å²) >= 11 is -1.39. The van der Waals surface area contributed by atoms with Gasteiger partial charge in [0.15, 0.2) is 0 Å². The van der Waals surface area contributed by atoms with E-state index in [2.05, 4.69) is 53.2 Å². The minimum absolute atomic E-state index is 0. The van der Waals surface area contributed by atoms with E-state index in [9.17, 15) is 0 Å². The second-order valence-corrected chi connectivity index (χ2v) is 15.7. The molecule has 0 radical (unpaired) electrons. The second kappa shape index (κ2) is 35.5. The van der Waals surface area contributed by atoms with E-state index in [1.807, 2.05) is 0 Å². The topological polar surface area (TPSA) is 9.72 Å². The molecule has 0 fully saturated rings. The number of hydrogen-bond donors (Lipinski definition) is 0. The van der Waals surface area contributed by atoms with Crippen LogP contribution in [0.25, 0.3) is 0 Å². The Morgan fingerprint density at radius 3 is 0.585 bits per heavy atom. The molecule has 0 N–H and O–H groups in total. The maximum absolute atomic E-state index is 3.13. The van der Waals surface area contributed by atoms with E-state index >= 15 is 0 Å². The molecule has 0 saturated carbocycles. The Balaban J connectivity index is 0. The standard InChI is InChI=1S/3C12H26N.Al.Li.H/c3*1-3-5-7-9-11-13-12-10-8-6-4-2;;;/h3*3-12H2,1-2H3;;;/q3*-1;+3;;. The SMILES string of the molecule is CCCCCC[N](CCCCCC)[Al]([N](CCCCCC)CCCCCC)[N](CCCCCC)CCCCCC.[LiH]. The average molecular weight is 588 g/mol. The summed E-state index contributed by atoms with van der Waals surface area (Å²) in [7, 11) is 0. The van der Waals surface area contributed by atoms with Crippen molar-refractivity contribution >= 4 is 33.7 Å². The molecule has 0 unspecified atom stereocenters. The molecule has 3 nitrogen and oxygen atoms in total. The number of hydrogen-bond acceptors (Lipinski definition) is 3. The molecule has 0 aliphatic carbocycles. The molecular weight excluding hydrogens is 508 g/mol. The molecule has 0 aromatic heterocycles. The zero-order chi connectivity index (χ0) is 29.5. The van der Waals surface area contributed by atoms with E-state index in [1.165, 1.54) is 193 Å². The van der Waals surface area contributed by atoms with E-state index in [1.54, 1.807) is 0 Å². The van der Waals surface area contributed by atoms with Gasteiger partial charge in [-0.2, -0.15) is 0 Å². The van der Waals surface area contributed by atoms with Crippen molar-refractivity contribution < 1.29 is 0 Å². The maximum atomic E-state index is 3.13. The van der Waals surface area contributed by atoms with Crippen LogP contribution in [-0.2, 0) is 0 Å². The van der Waals surface area contributed by atoms with E-state index < -0.39 is 14.8 Å². The van der Waals surface area contributed by atoms with E-state index in [0.29, 0.717) is 0 Å². The monoisotopic (exact) mass is 588 g/mol. The first-order chi connectivity index (χ1) is 19.7. The van der Waals surface area contributed by atoms with E-state index in [-0.39, 0.29) is 18.9 Å². The summed E-state index contributed by atoms with van der Waals surface area (Å²) in [6.07, 6.45) is 33.5. The molecule has 5 heteroatoms. The molecule has 0 atom stereocenters. The first-order valence-corrected chi connectivity index (χ1v) is 20.5. The normalized spacial score (nSPS) is 11.6. The molecule has 0 aromatic rings. The Kier molecular flexibility index (Phi) is 38.2. The van der Waals surface area contributed by atoms with Crippen LogP contribution in [0.3, 0.4) is 0 Å². The van der Waals surface area contributed by atoms with Crippen molar-refractivity contribution in [2.75, 3.05) is 39.3 Å². The first-order valence-electron chi connectivity index (χ1n) is 18.9. The van der Waals surface area contributed by atoms with Crippen molar-refractivity contribution in [2.45, 2.75) is 196 Å². The Morgan fingerprint density at radius 2 is 0.439 bits per heavy atom. The molecule has 0 amide bonds. The Morgan fingerprint density at radius 1 is 0.268 bits per heavy atom. The van der Waals surface area contributed by atoms with Crippen LogP contribution in [0.15, 0.2) is 0 Å². The summed E-state index contributed by atoms with van der Waals surface area (Å²) in [5, 5.41) is 0. The van der Waals surface area contributed by atoms with Crippen LogP contribution in [0.5, 0.6) is 0 Å². The molecule has 0 aliphatic rings. The zero-order valence-corrected chi connectivity index (χ0v) is 30.3. The van der Waals surface area contributed by atoms with Crippen LogP contribution in [0.4, 0.5) is 0 Å². The van der Waals surface area contributed by atoms with Gasteiger partial charge in [0, 0.05) is 0 Å². The van der Waals surface area contributed by atoms with Crippen molar-refractivity contribution in [2.24, 2.45) is 0 Å². The van der Waals surface area contributed by atoms with Crippen molar-refractivity contribution in [3.05, 3.63) is 0 Å². The summed E-state index contributed by atoms with van der Waals surface area (Å²) in [6, 6.07) is 0. The number of nitrogens with zero attached hydrogens (tertiary/aromatic N) is 3. The summed E-state index contributed by atoms with van der Waals surface area (Å²) in [5.74, 6) is 0. The van der Waals surface area contributed by atoms with E-state index in [4.69, 9.17) is 0 Å². The summed E-state index contributed by atoms with van der Waals surface area (Å²) in [4.78, 5) is 0. The van der Waals surface area contributed by atoms with Gasteiger partial charge in [-0.3, -0.25) is 0 Å². The quantitative estimate of drug-likeness (QED) is 0.0558. The summed E-state index contributed by atoms with van der Waals surface area (Å²) in [5.41, 5.74) is 0. The van der Waals surface area contributed by atoms with Crippen LogP contribution in [0.1, 0.15) is 196 Å². The van der Waals surface area contributed by atoms with Crippen molar-refractivity contribution in [1.29, 1.82) is 0 Å². The molecule has 0 spiro atoms.